The molecule has 20 heavy (non-hydrogen) atoms. The van der Waals surface area contributed by atoms with Gasteiger partial charge in [-0.25, -0.2) is 0 Å². The van der Waals surface area contributed by atoms with E-state index in [0.29, 0.717) is 6.04 Å². The molecule has 0 aromatic heterocycles. The van der Waals surface area contributed by atoms with Gasteiger partial charge in [-0.2, -0.15) is 11.8 Å². The molecule has 0 aromatic rings. The second kappa shape index (κ2) is 8.65. The largest absolute Gasteiger partial charge is 0.374 e. The predicted octanol–water partition coefficient (Wildman–Crippen LogP) is 4.24. The summed E-state index contributed by atoms with van der Waals surface area (Å²) in [6.07, 6.45) is 10.7. The minimum Gasteiger partial charge on any atom is -0.374 e. The van der Waals surface area contributed by atoms with E-state index in [2.05, 4.69) is 30.9 Å². The fourth-order valence-corrected chi connectivity index (χ4v) is 4.78. The zero-order valence-electron chi connectivity index (χ0n) is 13.5. The van der Waals surface area contributed by atoms with Crippen LogP contribution in [0.2, 0.25) is 0 Å². The number of unbranched alkanes of at least 4 members (excludes halogenated alkanes) is 3. The molecule has 2 nitrogen and oxygen atoms in total. The van der Waals surface area contributed by atoms with Crippen LogP contribution in [0.15, 0.2) is 0 Å². The van der Waals surface area contributed by atoms with Gasteiger partial charge in [-0.1, -0.05) is 39.5 Å². The Balaban J connectivity index is 1.51. The molecule has 2 aliphatic heterocycles. The number of nitrogens with one attached hydrogen (secondary N) is 1. The molecule has 0 amide bonds. The molecule has 0 aromatic carbocycles. The number of ether oxygens (including phenoxy) is 1. The maximum absolute atomic E-state index is 6.08. The Hall–Kier alpha value is 0.270. The Morgan fingerprint density at radius 1 is 1.25 bits per heavy atom. The van der Waals surface area contributed by atoms with Crippen molar-refractivity contribution in [3.05, 3.63) is 0 Å². The van der Waals surface area contributed by atoms with Crippen molar-refractivity contribution in [1.82, 2.24) is 5.32 Å². The third-order valence-electron chi connectivity index (χ3n) is 4.70. The SMILES string of the molecule is CC(C)CCCCCCNC1CCOC2(CCSC2)C1. The third-order valence-corrected chi connectivity index (χ3v) is 5.92. The van der Waals surface area contributed by atoms with E-state index in [1.165, 1.54) is 69.4 Å². The van der Waals surface area contributed by atoms with Crippen molar-refractivity contribution in [2.45, 2.75) is 76.9 Å². The van der Waals surface area contributed by atoms with Crippen LogP contribution in [0.1, 0.15) is 65.2 Å². The van der Waals surface area contributed by atoms with E-state index >= 15 is 0 Å². The monoisotopic (exact) mass is 299 g/mol. The van der Waals surface area contributed by atoms with Crippen LogP contribution in [0.4, 0.5) is 0 Å². The van der Waals surface area contributed by atoms with Crippen LogP contribution in [0, 0.1) is 5.92 Å². The topological polar surface area (TPSA) is 21.3 Å². The lowest BCUT2D eigenvalue weighted by Crippen LogP contribution is -2.47. The smallest absolute Gasteiger partial charge is 0.0795 e. The molecule has 3 heteroatoms. The molecule has 0 saturated carbocycles. The zero-order valence-corrected chi connectivity index (χ0v) is 14.3. The summed E-state index contributed by atoms with van der Waals surface area (Å²) in [5.41, 5.74) is 0.234. The van der Waals surface area contributed by atoms with Crippen LogP contribution in [0.5, 0.6) is 0 Å². The van der Waals surface area contributed by atoms with E-state index in [9.17, 15) is 0 Å². The van der Waals surface area contributed by atoms with Crippen molar-refractivity contribution in [1.29, 1.82) is 0 Å². The van der Waals surface area contributed by atoms with Crippen LogP contribution >= 0.6 is 11.8 Å². The van der Waals surface area contributed by atoms with E-state index < -0.39 is 0 Å². The highest BCUT2D eigenvalue weighted by Crippen LogP contribution is 2.38. The van der Waals surface area contributed by atoms with Crippen LogP contribution in [-0.4, -0.2) is 36.3 Å². The van der Waals surface area contributed by atoms with Gasteiger partial charge in [0.1, 0.15) is 0 Å². The Bertz CT molecular complexity index is 264. The molecule has 118 valence electrons. The molecule has 2 atom stereocenters. The molecule has 0 aliphatic carbocycles. The number of rotatable bonds is 8. The molecule has 2 fully saturated rings. The lowest BCUT2D eigenvalue weighted by atomic mass is 9.90. The van der Waals surface area contributed by atoms with Crippen molar-refractivity contribution in [3.8, 4) is 0 Å². The first-order valence-corrected chi connectivity index (χ1v) is 9.81. The first-order valence-electron chi connectivity index (χ1n) is 8.65. The predicted molar refractivity (Wildman–Crippen MR) is 89.6 cm³/mol. The van der Waals surface area contributed by atoms with Gasteiger partial charge < -0.3 is 10.1 Å². The Morgan fingerprint density at radius 3 is 2.85 bits per heavy atom. The number of hydrogen-bond acceptors (Lipinski definition) is 3. The maximum Gasteiger partial charge on any atom is 0.0795 e. The third kappa shape index (κ3) is 5.57. The molecule has 1 spiro atoms. The minimum atomic E-state index is 0.234. The van der Waals surface area contributed by atoms with Gasteiger partial charge >= 0.3 is 0 Å². The normalized spacial score (nSPS) is 30.4. The Kier molecular flexibility index (Phi) is 7.20. The van der Waals surface area contributed by atoms with Gasteiger partial charge in [-0.3, -0.25) is 0 Å². The van der Waals surface area contributed by atoms with Crippen LogP contribution in [0.25, 0.3) is 0 Å². The Morgan fingerprint density at radius 2 is 2.10 bits per heavy atom. The highest BCUT2D eigenvalue weighted by molar-refractivity contribution is 7.99. The molecular formula is C17H33NOS. The molecular weight excluding hydrogens is 266 g/mol. The number of thioether (sulfide) groups is 1. The molecule has 2 saturated heterocycles. The fourth-order valence-electron chi connectivity index (χ4n) is 3.40. The zero-order chi connectivity index (χ0) is 14.3. The van der Waals surface area contributed by atoms with Crippen LogP contribution in [-0.2, 0) is 4.74 Å². The summed E-state index contributed by atoms with van der Waals surface area (Å²) in [5.74, 6) is 3.39. The summed E-state index contributed by atoms with van der Waals surface area (Å²) in [5, 5.41) is 3.78. The lowest BCUT2D eigenvalue weighted by molar-refractivity contribution is -0.0700. The summed E-state index contributed by atoms with van der Waals surface area (Å²) >= 11 is 2.07. The van der Waals surface area contributed by atoms with Crippen molar-refractivity contribution in [3.63, 3.8) is 0 Å². The average Bonchev–Trinajstić information content (AvgIpc) is 2.85. The quantitative estimate of drug-likeness (QED) is 0.677. The minimum absolute atomic E-state index is 0.234. The van der Waals surface area contributed by atoms with Crippen molar-refractivity contribution < 1.29 is 4.74 Å². The van der Waals surface area contributed by atoms with Crippen molar-refractivity contribution in [2.24, 2.45) is 5.92 Å². The van der Waals surface area contributed by atoms with E-state index in [-0.39, 0.29) is 5.60 Å². The summed E-state index contributed by atoms with van der Waals surface area (Å²) in [6, 6.07) is 0.707. The average molecular weight is 300 g/mol. The van der Waals surface area contributed by atoms with Gasteiger partial charge in [-0.05, 0) is 43.9 Å². The lowest BCUT2D eigenvalue weighted by Gasteiger charge is -2.38. The standard InChI is InChI=1S/C17H33NOS/c1-15(2)7-5-3-4-6-10-18-16-8-11-19-17(13-16)9-12-20-14-17/h15-16,18H,3-14H2,1-2H3. The van der Waals surface area contributed by atoms with E-state index in [0.717, 1.165) is 12.5 Å². The van der Waals surface area contributed by atoms with E-state index in [4.69, 9.17) is 4.74 Å². The summed E-state index contributed by atoms with van der Waals surface area (Å²) in [6.45, 7) is 6.82. The summed E-state index contributed by atoms with van der Waals surface area (Å²) in [4.78, 5) is 0. The first kappa shape index (κ1) is 16.6. The molecule has 0 radical (unpaired) electrons. The van der Waals surface area contributed by atoms with Crippen LogP contribution in [0.3, 0.4) is 0 Å². The molecule has 2 heterocycles. The summed E-state index contributed by atoms with van der Waals surface area (Å²) < 4.78 is 6.08. The first-order chi connectivity index (χ1) is 9.70. The maximum atomic E-state index is 6.08. The highest BCUT2D eigenvalue weighted by atomic mass is 32.2. The van der Waals surface area contributed by atoms with Gasteiger partial charge in [-0.15, -0.1) is 0 Å². The van der Waals surface area contributed by atoms with Gasteiger partial charge in [0.05, 0.1) is 5.60 Å². The molecule has 1 N–H and O–H groups in total. The van der Waals surface area contributed by atoms with Gasteiger partial charge in [0.25, 0.3) is 0 Å². The van der Waals surface area contributed by atoms with Gasteiger partial charge in [0, 0.05) is 18.4 Å². The number of hydrogen-bond donors (Lipinski definition) is 1. The second-order valence-electron chi connectivity index (χ2n) is 7.07. The van der Waals surface area contributed by atoms with E-state index in [1.54, 1.807) is 0 Å². The van der Waals surface area contributed by atoms with E-state index in [1.807, 2.05) is 0 Å². The molecule has 0 bridgehead atoms. The molecule has 2 rings (SSSR count). The summed E-state index contributed by atoms with van der Waals surface area (Å²) in [7, 11) is 0. The van der Waals surface area contributed by atoms with Crippen LogP contribution < -0.4 is 5.32 Å². The molecule has 2 aliphatic rings. The second-order valence-corrected chi connectivity index (χ2v) is 8.18. The van der Waals surface area contributed by atoms with Crippen molar-refractivity contribution >= 4 is 11.8 Å². The molecule has 2 unspecified atom stereocenters. The van der Waals surface area contributed by atoms with Gasteiger partial charge in [0.2, 0.25) is 0 Å². The van der Waals surface area contributed by atoms with Crippen molar-refractivity contribution in [2.75, 3.05) is 24.7 Å². The fraction of sp³-hybridized carbons (Fsp3) is 1.00. The Labute approximate surface area is 129 Å². The van der Waals surface area contributed by atoms with Gasteiger partial charge in [0.15, 0.2) is 0 Å². The highest BCUT2D eigenvalue weighted by Gasteiger charge is 2.40.